The van der Waals surface area contributed by atoms with E-state index in [-0.39, 0.29) is 23.8 Å². The molecule has 1 aliphatic carbocycles. The van der Waals surface area contributed by atoms with Gasteiger partial charge < -0.3 is 24.6 Å². The SMILES string of the molecule is O=C(NCc1ccc(F)c(Cl)c1F)c1cn2c(c(O)c1=O)C(=O)N1CCO[C@]13CCC[C@H]23. The summed E-state index contributed by atoms with van der Waals surface area (Å²) in [5.74, 6) is -4.17. The summed E-state index contributed by atoms with van der Waals surface area (Å²) in [6.07, 6.45) is 3.27. The van der Waals surface area contributed by atoms with E-state index in [1.54, 1.807) is 4.90 Å². The average Bonchev–Trinajstić information content (AvgIpc) is 3.40. The van der Waals surface area contributed by atoms with Crippen LogP contribution in [0.5, 0.6) is 5.75 Å². The van der Waals surface area contributed by atoms with Crippen molar-refractivity contribution in [3.63, 3.8) is 0 Å². The fourth-order valence-corrected chi connectivity index (χ4v) is 5.16. The Labute approximate surface area is 185 Å². The minimum Gasteiger partial charge on any atom is -0.503 e. The number of ether oxygens (including phenoxy) is 1. The molecule has 2 fully saturated rings. The Morgan fingerprint density at radius 1 is 1.34 bits per heavy atom. The first-order chi connectivity index (χ1) is 15.3. The predicted octanol–water partition coefficient (Wildman–Crippen LogP) is 2.32. The van der Waals surface area contributed by atoms with Gasteiger partial charge in [0.2, 0.25) is 5.43 Å². The summed E-state index contributed by atoms with van der Waals surface area (Å²) in [5.41, 5.74) is -2.51. The Morgan fingerprint density at radius 3 is 2.91 bits per heavy atom. The lowest BCUT2D eigenvalue weighted by molar-refractivity contribution is -0.0987. The Kier molecular flexibility index (Phi) is 4.75. The first kappa shape index (κ1) is 20.9. The molecule has 3 heterocycles. The number of nitrogens with one attached hydrogen (secondary N) is 1. The lowest BCUT2D eigenvalue weighted by atomic mass is 9.99. The maximum Gasteiger partial charge on any atom is 0.276 e. The maximum absolute atomic E-state index is 14.1. The number of nitrogens with zero attached hydrogens (tertiary/aromatic N) is 2. The third-order valence-corrected chi connectivity index (χ3v) is 6.80. The van der Waals surface area contributed by atoms with E-state index in [0.717, 1.165) is 18.6 Å². The third kappa shape index (κ3) is 2.79. The van der Waals surface area contributed by atoms with Gasteiger partial charge in [-0.1, -0.05) is 17.7 Å². The van der Waals surface area contributed by atoms with Crippen LogP contribution in [0.15, 0.2) is 23.1 Å². The smallest absolute Gasteiger partial charge is 0.276 e. The zero-order chi connectivity index (χ0) is 22.8. The Balaban J connectivity index is 1.51. The number of carbonyl (C=O) groups is 2. The van der Waals surface area contributed by atoms with Gasteiger partial charge in [-0.3, -0.25) is 14.4 Å². The Bertz CT molecular complexity index is 1230. The number of hydrogen-bond donors (Lipinski definition) is 2. The number of amides is 2. The van der Waals surface area contributed by atoms with Crippen molar-refractivity contribution < 1.29 is 28.2 Å². The quantitative estimate of drug-likeness (QED) is 0.678. The van der Waals surface area contributed by atoms with E-state index < -0.39 is 50.9 Å². The fraction of sp³-hybridized carbons (Fsp3) is 0.381. The van der Waals surface area contributed by atoms with Gasteiger partial charge >= 0.3 is 0 Å². The van der Waals surface area contributed by atoms with E-state index in [0.29, 0.717) is 26.0 Å². The van der Waals surface area contributed by atoms with Gasteiger partial charge in [0.15, 0.2) is 17.2 Å². The number of fused-ring (bicyclic) bond motifs is 2. The number of benzene rings is 1. The van der Waals surface area contributed by atoms with Crippen LogP contribution < -0.4 is 10.7 Å². The first-order valence-electron chi connectivity index (χ1n) is 10.1. The summed E-state index contributed by atoms with van der Waals surface area (Å²) < 4.78 is 34.9. The second kappa shape index (κ2) is 7.28. The van der Waals surface area contributed by atoms with Crippen molar-refractivity contribution in [2.45, 2.75) is 37.6 Å². The van der Waals surface area contributed by atoms with Crippen molar-refractivity contribution in [1.82, 2.24) is 14.8 Å². The molecule has 2 amide bonds. The zero-order valence-corrected chi connectivity index (χ0v) is 17.4. The third-order valence-electron chi connectivity index (χ3n) is 6.45. The molecule has 1 saturated heterocycles. The lowest BCUT2D eigenvalue weighted by Gasteiger charge is -2.44. The van der Waals surface area contributed by atoms with Gasteiger partial charge in [-0.15, -0.1) is 0 Å². The van der Waals surface area contributed by atoms with Crippen molar-refractivity contribution in [3.05, 3.63) is 62.0 Å². The van der Waals surface area contributed by atoms with Crippen LogP contribution in [0.3, 0.4) is 0 Å². The van der Waals surface area contributed by atoms with Crippen LogP contribution in [0.1, 0.15) is 51.7 Å². The van der Waals surface area contributed by atoms with Crippen LogP contribution in [0, 0.1) is 11.6 Å². The second-order valence-corrected chi connectivity index (χ2v) is 8.43. The van der Waals surface area contributed by atoms with Crippen LogP contribution in [-0.4, -0.2) is 45.3 Å². The molecule has 3 aliphatic rings. The van der Waals surface area contributed by atoms with Crippen LogP contribution >= 0.6 is 11.6 Å². The molecule has 1 saturated carbocycles. The summed E-state index contributed by atoms with van der Waals surface area (Å²) in [5, 5.41) is 12.2. The molecule has 32 heavy (non-hydrogen) atoms. The van der Waals surface area contributed by atoms with Crippen molar-refractivity contribution >= 4 is 23.4 Å². The number of pyridine rings is 1. The number of aromatic hydroxyl groups is 1. The van der Waals surface area contributed by atoms with Crippen molar-refractivity contribution in [2.75, 3.05) is 13.2 Å². The summed E-state index contributed by atoms with van der Waals surface area (Å²) in [6.45, 7) is 0.341. The molecule has 1 spiro atoms. The first-order valence-corrected chi connectivity index (χ1v) is 10.5. The van der Waals surface area contributed by atoms with Crippen LogP contribution in [0.25, 0.3) is 0 Å². The van der Waals surface area contributed by atoms with E-state index in [1.165, 1.54) is 10.8 Å². The monoisotopic (exact) mass is 465 g/mol. The molecule has 0 bridgehead atoms. The molecule has 2 N–H and O–H groups in total. The predicted molar refractivity (Wildman–Crippen MR) is 108 cm³/mol. The van der Waals surface area contributed by atoms with Gasteiger partial charge in [0.1, 0.15) is 22.2 Å². The van der Waals surface area contributed by atoms with E-state index in [1.807, 2.05) is 0 Å². The highest BCUT2D eigenvalue weighted by molar-refractivity contribution is 6.30. The summed E-state index contributed by atoms with van der Waals surface area (Å²) >= 11 is 5.55. The van der Waals surface area contributed by atoms with Gasteiger partial charge in [-0.2, -0.15) is 0 Å². The zero-order valence-electron chi connectivity index (χ0n) is 16.7. The molecule has 2 atom stereocenters. The van der Waals surface area contributed by atoms with E-state index >= 15 is 0 Å². The number of carbonyl (C=O) groups excluding carboxylic acids is 2. The molecule has 5 rings (SSSR count). The highest BCUT2D eigenvalue weighted by Gasteiger charge is 2.58. The van der Waals surface area contributed by atoms with Gasteiger partial charge in [-0.05, 0) is 25.3 Å². The summed E-state index contributed by atoms with van der Waals surface area (Å²) in [7, 11) is 0. The number of hydrogen-bond acceptors (Lipinski definition) is 5. The number of halogens is 3. The van der Waals surface area contributed by atoms with Gasteiger partial charge in [0, 0.05) is 24.8 Å². The van der Waals surface area contributed by atoms with E-state index in [2.05, 4.69) is 5.32 Å². The normalized spacial score (nSPS) is 23.7. The largest absolute Gasteiger partial charge is 0.503 e. The van der Waals surface area contributed by atoms with Gasteiger partial charge in [0.25, 0.3) is 11.8 Å². The molecule has 1 aromatic heterocycles. The van der Waals surface area contributed by atoms with Crippen molar-refractivity contribution in [3.8, 4) is 5.75 Å². The molecule has 0 radical (unpaired) electrons. The second-order valence-electron chi connectivity index (χ2n) is 8.05. The summed E-state index contributed by atoms with van der Waals surface area (Å²) in [6, 6.07) is 1.73. The molecule has 8 nitrogen and oxygen atoms in total. The minimum atomic E-state index is -1.02. The van der Waals surface area contributed by atoms with E-state index in [4.69, 9.17) is 16.3 Å². The molecular weight excluding hydrogens is 448 g/mol. The Morgan fingerprint density at radius 2 is 2.12 bits per heavy atom. The topological polar surface area (TPSA) is 101 Å². The van der Waals surface area contributed by atoms with Gasteiger partial charge in [0.05, 0.1) is 12.6 Å². The molecule has 1 aromatic carbocycles. The molecule has 0 unspecified atom stereocenters. The minimum absolute atomic E-state index is 0.0769. The number of rotatable bonds is 3. The molecule has 2 aliphatic heterocycles. The highest BCUT2D eigenvalue weighted by atomic mass is 35.5. The lowest BCUT2D eigenvalue weighted by Crippen LogP contribution is -2.56. The number of aromatic nitrogens is 1. The maximum atomic E-state index is 14.1. The van der Waals surface area contributed by atoms with Crippen LogP contribution in [0.4, 0.5) is 8.78 Å². The highest BCUT2D eigenvalue weighted by Crippen LogP contribution is 2.51. The Hall–Kier alpha value is -2.98. The van der Waals surface area contributed by atoms with Crippen molar-refractivity contribution in [2.24, 2.45) is 0 Å². The molecule has 11 heteroatoms. The average molecular weight is 466 g/mol. The fourth-order valence-electron chi connectivity index (χ4n) is 4.97. The molecule has 168 valence electrons. The molecular formula is C21H18ClF2N3O5. The standard InChI is InChI=1S/C21H18ClF2N3O5/c22-14-12(23)4-3-10(15(14)24)8-25-19(30)11-9-26-13-2-1-5-21(13)27(6-7-32-21)20(31)16(26)18(29)17(11)28/h3-4,9,13,29H,1-2,5-8H2,(H,25,30)/t13-,21-/m0/s1. The molecule has 2 aromatic rings. The van der Waals surface area contributed by atoms with Crippen molar-refractivity contribution in [1.29, 1.82) is 0 Å². The van der Waals surface area contributed by atoms with Gasteiger partial charge in [-0.25, -0.2) is 8.78 Å². The summed E-state index contributed by atoms with van der Waals surface area (Å²) in [4.78, 5) is 40.1. The van der Waals surface area contributed by atoms with Crippen LogP contribution in [-0.2, 0) is 11.3 Å². The van der Waals surface area contributed by atoms with E-state index in [9.17, 15) is 28.3 Å². The van der Waals surface area contributed by atoms with Crippen LogP contribution in [0.2, 0.25) is 5.02 Å².